The van der Waals surface area contributed by atoms with Crippen LogP contribution in [-0.2, 0) is 10.2 Å². The Balaban J connectivity index is 2.06. The van der Waals surface area contributed by atoms with Crippen molar-refractivity contribution in [3.8, 4) is 0 Å². The molecular weight excluding hydrogens is 290 g/mol. The Kier molecular flexibility index (Phi) is 5.64. The minimum atomic E-state index is -0.161. The van der Waals surface area contributed by atoms with Gasteiger partial charge in [0.2, 0.25) is 5.91 Å². The highest BCUT2D eigenvalue weighted by molar-refractivity contribution is 5.79. The van der Waals surface area contributed by atoms with Crippen LogP contribution in [0.25, 0.3) is 0 Å². The largest absolute Gasteiger partial charge is 0.354 e. The molecule has 5 nitrogen and oxygen atoms in total. The van der Waals surface area contributed by atoms with Crippen LogP contribution in [-0.4, -0.2) is 42.5 Å². The van der Waals surface area contributed by atoms with Crippen molar-refractivity contribution in [1.82, 2.24) is 15.5 Å². The lowest BCUT2D eigenvalue weighted by molar-refractivity contribution is -0.120. The lowest BCUT2D eigenvalue weighted by Gasteiger charge is -2.36. The Morgan fingerprint density at radius 1 is 1.30 bits per heavy atom. The standard InChI is InChI=1S/C18H27N3O2/c1-4-15(18(2,3)14-8-6-5-7-9-14)20-17(23)21-12-10-16(22)19-11-13-21/h5-9,15H,4,10-13H2,1-3H3,(H,19,22)(H,20,23)/t15-/m1/s1. The summed E-state index contributed by atoms with van der Waals surface area (Å²) < 4.78 is 0. The molecule has 3 amide bonds. The third-order valence-corrected chi connectivity index (χ3v) is 4.69. The maximum atomic E-state index is 12.6. The zero-order chi connectivity index (χ0) is 16.9. The van der Waals surface area contributed by atoms with Gasteiger partial charge in [-0.15, -0.1) is 0 Å². The molecule has 1 atom stereocenters. The van der Waals surface area contributed by atoms with E-state index in [4.69, 9.17) is 0 Å². The molecule has 2 N–H and O–H groups in total. The molecule has 0 unspecified atom stereocenters. The molecule has 0 bridgehead atoms. The summed E-state index contributed by atoms with van der Waals surface area (Å²) in [6.45, 7) is 7.95. The molecule has 126 valence electrons. The molecule has 0 aromatic heterocycles. The first-order chi connectivity index (χ1) is 10.9. The molecule has 1 aliphatic rings. The Hall–Kier alpha value is -2.04. The lowest BCUT2D eigenvalue weighted by atomic mass is 9.76. The molecule has 23 heavy (non-hydrogen) atoms. The van der Waals surface area contributed by atoms with E-state index >= 15 is 0 Å². The third-order valence-electron chi connectivity index (χ3n) is 4.69. The number of benzene rings is 1. The van der Waals surface area contributed by atoms with Crippen LogP contribution in [0, 0.1) is 0 Å². The first-order valence-corrected chi connectivity index (χ1v) is 8.32. The molecule has 1 aromatic rings. The molecule has 2 rings (SSSR count). The SMILES string of the molecule is CC[C@@H](NC(=O)N1CCNC(=O)CC1)C(C)(C)c1ccccc1. The number of rotatable bonds is 4. The summed E-state index contributed by atoms with van der Waals surface area (Å²) in [5.74, 6) is 0.0111. The van der Waals surface area contributed by atoms with E-state index in [-0.39, 0.29) is 23.4 Å². The first kappa shape index (κ1) is 17.3. The fraction of sp³-hybridized carbons (Fsp3) is 0.556. The van der Waals surface area contributed by atoms with Gasteiger partial charge in [0.15, 0.2) is 0 Å². The van der Waals surface area contributed by atoms with Crippen LogP contribution in [0.5, 0.6) is 0 Å². The van der Waals surface area contributed by atoms with E-state index in [0.29, 0.717) is 26.1 Å². The van der Waals surface area contributed by atoms with Crippen molar-refractivity contribution < 1.29 is 9.59 Å². The van der Waals surface area contributed by atoms with Crippen LogP contribution in [0.15, 0.2) is 30.3 Å². The molecule has 1 aromatic carbocycles. The van der Waals surface area contributed by atoms with Crippen molar-refractivity contribution in [2.75, 3.05) is 19.6 Å². The highest BCUT2D eigenvalue weighted by Crippen LogP contribution is 2.28. The van der Waals surface area contributed by atoms with Crippen molar-refractivity contribution >= 4 is 11.9 Å². The van der Waals surface area contributed by atoms with E-state index in [1.807, 2.05) is 18.2 Å². The van der Waals surface area contributed by atoms with Gasteiger partial charge in [-0.1, -0.05) is 51.1 Å². The van der Waals surface area contributed by atoms with Crippen LogP contribution in [0.4, 0.5) is 4.79 Å². The Morgan fingerprint density at radius 2 is 2.00 bits per heavy atom. The molecule has 0 spiro atoms. The number of carbonyl (C=O) groups excluding carboxylic acids is 2. The number of nitrogens with one attached hydrogen (secondary N) is 2. The number of amides is 3. The van der Waals surface area contributed by atoms with Gasteiger partial charge < -0.3 is 15.5 Å². The molecule has 1 fully saturated rings. The van der Waals surface area contributed by atoms with Crippen molar-refractivity contribution in [2.24, 2.45) is 0 Å². The summed E-state index contributed by atoms with van der Waals surface area (Å²) in [5, 5.41) is 5.96. The molecule has 5 heteroatoms. The minimum Gasteiger partial charge on any atom is -0.354 e. The highest BCUT2D eigenvalue weighted by Gasteiger charge is 2.32. The number of carbonyl (C=O) groups is 2. The molecule has 1 saturated heterocycles. The van der Waals surface area contributed by atoms with Crippen LogP contribution in [0.2, 0.25) is 0 Å². The van der Waals surface area contributed by atoms with Gasteiger partial charge in [0.1, 0.15) is 0 Å². The number of hydrogen-bond acceptors (Lipinski definition) is 2. The number of nitrogens with zero attached hydrogens (tertiary/aromatic N) is 1. The van der Waals surface area contributed by atoms with Gasteiger partial charge in [0.05, 0.1) is 0 Å². The van der Waals surface area contributed by atoms with E-state index in [0.717, 1.165) is 6.42 Å². The summed E-state index contributed by atoms with van der Waals surface area (Å²) in [6.07, 6.45) is 1.21. The average molecular weight is 317 g/mol. The van der Waals surface area contributed by atoms with Crippen LogP contribution in [0.3, 0.4) is 0 Å². The molecule has 1 heterocycles. The zero-order valence-electron chi connectivity index (χ0n) is 14.3. The monoisotopic (exact) mass is 317 g/mol. The highest BCUT2D eigenvalue weighted by atomic mass is 16.2. The van der Waals surface area contributed by atoms with Crippen LogP contribution >= 0.6 is 0 Å². The van der Waals surface area contributed by atoms with Crippen LogP contribution < -0.4 is 10.6 Å². The average Bonchev–Trinajstić information content (AvgIpc) is 2.77. The van der Waals surface area contributed by atoms with Crippen molar-refractivity contribution in [3.63, 3.8) is 0 Å². The van der Waals surface area contributed by atoms with Crippen LogP contribution in [0.1, 0.15) is 39.2 Å². The summed E-state index contributed by atoms with van der Waals surface area (Å²) in [7, 11) is 0. The van der Waals surface area contributed by atoms with E-state index in [2.05, 4.69) is 43.5 Å². The maximum Gasteiger partial charge on any atom is 0.317 e. The van der Waals surface area contributed by atoms with Gasteiger partial charge in [-0.3, -0.25) is 4.79 Å². The fourth-order valence-electron chi connectivity index (χ4n) is 3.07. The quantitative estimate of drug-likeness (QED) is 0.895. The summed E-state index contributed by atoms with van der Waals surface area (Å²) >= 11 is 0. The summed E-state index contributed by atoms with van der Waals surface area (Å²) in [4.78, 5) is 25.7. The van der Waals surface area contributed by atoms with Gasteiger partial charge in [-0.2, -0.15) is 0 Å². The van der Waals surface area contributed by atoms with E-state index in [1.54, 1.807) is 4.90 Å². The predicted octanol–water partition coefficient (Wildman–Crippen LogP) is 2.27. The van der Waals surface area contributed by atoms with E-state index < -0.39 is 0 Å². The van der Waals surface area contributed by atoms with Crippen molar-refractivity contribution in [2.45, 2.75) is 45.1 Å². The Labute approximate surface area is 138 Å². The van der Waals surface area contributed by atoms with Crippen molar-refractivity contribution in [1.29, 1.82) is 0 Å². The molecule has 0 radical (unpaired) electrons. The van der Waals surface area contributed by atoms with Gasteiger partial charge in [0.25, 0.3) is 0 Å². The van der Waals surface area contributed by atoms with Gasteiger partial charge in [-0.05, 0) is 12.0 Å². The normalized spacial score (nSPS) is 17.2. The molecule has 0 saturated carbocycles. The fourth-order valence-corrected chi connectivity index (χ4v) is 3.07. The second kappa shape index (κ2) is 7.49. The van der Waals surface area contributed by atoms with Gasteiger partial charge in [-0.25, -0.2) is 4.79 Å². The number of hydrogen-bond donors (Lipinski definition) is 2. The summed E-state index contributed by atoms with van der Waals surface area (Å²) in [6, 6.07) is 10.2. The maximum absolute atomic E-state index is 12.6. The second-order valence-electron chi connectivity index (χ2n) is 6.59. The van der Waals surface area contributed by atoms with E-state index in [1.165, 1.54) is 5.56 Å². The molecule has 1 aliphatic heterocycles. The minimum absolute atomic E-state index is 0.0111. The zero-order valence-corrected chi connectivity index (χ0v) is 14.3. The Bertz CT molecular complexity index is 542. The van der Waals surface area contributed by atoms with Crippen molar-refractivity contribution in [3.05, 3.63) is 35.9 Å². The molecular formula is C18H27N3O2. The Morgan fingerprint density at radius 3 is 2.65 bits per heavy atom. The van der Waals surface area contributed by atoms with E-state index in [9.17, 15) is 9.59 Å². The first-order valence-electron chi connectivity index (χ1n) is 8.32. The van der Waals surface area contributed by atoms with Gasteiger partial charge >= 0.3 is 6.03 Å². The second-order valence-corrected chi connectivity index (χ2v) is 6.59. The number of urea groups is 1. The third kappa shape index (κ3) is 4.24. The molecule has 0 aliphatic carbocycles. The van der Waals surface area contributed by atoms with Gasteiger partial charge in [0, 0.05) is 37.5 Å². The lowest BCUT2D eigenvalue weighted by Crippen LogP contribution is -2.52. The summed E-state index contributed by atoms with van der Waals surface area (Å²) in [5.41, 5.74) is 1.05. The smallest absolute Gasteiger partial charge is 0.317 e. The topological polar surface area (TPSA) is 61.4 Å². The predicted molar refractivity (Wildman–Crippen MR) is 91.3 cm³/mol.